The van der Waals surface area contributed by atoms with E-state index in [1.807, 2.05) is 6.07 Å². The van der Waals surface area contributed by atoms with Gasteiger partial charge in [-0.15, -0.1) is 13.2 Å². The molecule has 1 aromatic heterocycles. The number of anilines is 1. The molecule has 0 bridgehead atoms. The number of alkyl halides is 3. The fourth-order valence-corrected chi connectivity index (χ4v) is 3.83. The number of hydrogen-bond donors (Lipinski definition) is 2. The molecule has 2 N–H and O–H groups in total. The zero-order chi connectivity index (χ0) is 25.2. The number of benzene rings is 2. The van der Waals surface area contributed by atoms with E-state index < -0.39 is 24.1 Å². The van der Waals surface area contributed by atoms with E-state index in [1.165, 1.54) is 12.1 Å². The average molecular weight is 487 g/mol. The highest BCUT2D eigenvalue weighted by molar-refractivity contribution is 6.01. The third-order valence-corrected chi connectivity index (χ3v) is 5.41. The van der Waals surface area contributed by atoms with Gasteiger partial charge in [-0.05, 0) is 48.7 Å². The molecule has 0 radical (unpaired) electrons. The van der Waals surface area contributed by atoms with E-state index in [2.05, 4.69) is 20.4 Å². The summed E-state index contributed by atoms with van der Waals surface area (Å²) in [6.07, 6.45) is -5.01. The van der Waals surface area contributed by atoms with E-state index in [1.54, 1.807) is 25.1 Å². The molecular formula is C24H20F3N3O5. The quantitative estimate of drug-likeness (QED) is 0.505. The van der Waals surface area contributed by atoms with E-state index in [0.29, 0.717) is 23.2 Å². The fourth-order valence-electron chi connectivity index (χ4n) is 3.83. The van der Waals surface area contributed by atoms with Crippen molar-refractivity contribution in [3.63, 3.8) is 0 Å². The minimum absolute atomic E-state index is 0.0773. The molecule has 0 aliphatic carbocycles. The smallest absolute Gasteiger partial charge is 0.444 e. The molecule has 182 valence electrons. The highest BCUT2D eigenvalue weighted by Crippen LogP contribution is 2.30. The van der Waals surface area contributed by atoms with Gasteiger partial charge in [0.2, 0.25) is 11.8 Å². The summed E-state index contributed by atoms with van der Waals surface area (Å²) in [5, 5.41) is 5.48. The van der Waals surface area contributed by atoms with Crippen LogP contribution in [0.1, 0.15) is 35.6 Å². The van der Waals surface area contributed by atoms with Gasteiger partial charge in [0.05, 0.1) is 11.4 Å². The molecule has 35 heavy (non-hydrogen) atoms. The van der Waals surface area contributed by atoms with Crippen molar-refractivity contribution >= 4 is 34.5 Å². The molecular weight excluding hydrogens is 467 g/mol. The highest BCUT2D eigenvalue weighted by atomic mass is 19.4. The largest absolute Gasteiger partial charge is 0.573 e. The minimum atomic E-state index is -4.84. The van der Waals surface area contributed by atoms with Crippen molar-refractivity contribution in [1.82, 2.24) is 10.3 Å². The molecule has 1 atom stereocenters. The topological polar surface area (TPSA) is 107 Å². The SMILES string of the molecule is Cc1nc2cc(COC(=O)Nc3cccc(OC(F)(F)F)c3)ccc2cc1C1CCC(=O)NC1=O. The number of halogens is 3. The van der Waals surface area contributed by atoms with Crippen molar-refractivity contribution < 1.29 is 37.0 Å². The summed E-state index contributed by atoms with van der Waals surface area (Å²) in [7, 11) is 0. The molecule has 2 heterocycles. The first-order valence-electron chi connectivity index (χ1n) is 10.6. The molecule has 4 rings (SSSR count). The van der Waals surface area contributed by atoms with Crippen molar-refractivity contribution in [2.75, 3.05) is 5.32 Å². The monoisotopic (exact) mass is 487 g/mol. The van der Waals surface area contributed by atoms with Gasteiger partial charge in [-0.3, -0.25) is 25.2 Å². The van der Waals surface area contributed by atoms with Crippen LogP contribution >= 0.6 is 0 Å². The Labute approximate surface area is 197 Å². The van der Waals surface area contributed by atoms with Crippen molar-refractivity contribution in [1.29, 1.82) is 0 Å². The van der Waals surface area contributed by atoms with Crippen LogP contribution in [0.25, 0.3) is 10.9 Å². The van der Waals surface area contributed by atoms with Gasteiger partial charge in [0, 0.05) is 29.3 Å². The zero-order valence-electron chi connectivity index (χ0n) is 18.4. The summed E-state index contributed by atoms with van der Waals surface area (Å²) in [6.45, 7) is 1.68. The van der Waals surface area contributed by atoms with Crippen LogP contribution in [0.5, 0.6) is 5.75 Å². The molecule has 0 spiro atoms. The third kappa shape index (κ3) is 6.05. The summed E-state index contributed by atoms with van der Waals surface area (Å²) in [6, 6.07) is 12.0. The van der Waals surface area contributed by atoms with Crippen LogP contribution in [-0.4, -0.2) is 29.3 Å². The van der Waals surface area contributed by atoms with Crippen LogP contribution in [0.2, 0.25) is 0 Å². The van der Waals surface area contributed by atoms with Gasteiger partial charge in [-0.1, -0.05) is 18.2 Å². The molecule has 3 amide bonds. The molecule has 1 aliphatic rings. The maximum Gasteiger partial charge on any atom is 0.573 e. The fraction of sp³-hybridized carbons (Fsp3) is 0.250. The summed E-state index contributed by atoms with van der Waals surface area (Å²) >= 11 is 0. The molecule has 11 heteroatoms. The number of fused-ring (bicyclic) bond motifs is 1. The lowest BCUT2D eigenvalue weighted by molar-refractivity contribution is -0.274. The maximum absolute atomic E-state index is 12.4. The second-order valence-corrected chi connectivity index (χ2v) is 7.97. The van der Waals surface area contributed by atoms with Crippen LogP contribution in [0, 0.1) is 6.92 Å². The summed E-state index contributed by atoms with van der Waals surface area (Å²) in [4.78, 5) is 40.3. The Morgan fingerprint density at radius 3 is 2.71 bits per heavy atom. The number of piperidine rings is 1. The van der Waals surface area contributed by atoms with Crippen molar-refractivity contribution in [2.24, 2.45) is 0 Å². The molecule has 1 unspecified atom stereocenters. The van der Waals surface area contributed by atoms with E-state index >= 15 is 0 Å². The number of nitrogens with one attached hydrogen (secondary N) is 2. The van der Waals surface area contributed by atoms with Gasteiger partial charge in [-0.2, -0.15) is 0 Å². The minimum Gasteiger partial charge on any atom is -0.444 e. The first kappa shape index (κ1) is 24.0. The Balaban J connectivity index is 1.41. The Morgan fingerprint density at radius 1 is 1.17 bits per heavy atom. The van der Waals surface area contributed by atoms with Gasteiger partial charge in [0.25, 0.3) is 0 Å². The predicted molar refractivity (Wildman–Crippen MR) is 119 cm³/mol. The Morgan fingerprint density at radius 2 is 1.97 bits per heavy atom. The third-order valence-electron chi connectivity index (χ3n) is 5.41. The number of amides is 3. The van der Waals surface area contributed by atoms with Crippen LogP contribution in [0.4, 0.5) is 23.7 Å². The number of pyridine rings is 1. The zero-order valence-corrected chi connectivity index (χ0v) is 18.4. The molecule has 8 nitrogen and oxygen atoms in total. The Bertz CT molecular complexity index is 1310. The van der Waals surface area contributed by atoms with Gasteiger partial charge < -0.3 is 9.47 Å². The number of rotatable bonds is 5. The highest BCUT2D eigenvalue weighted by Gasteiger charge is 2.31. The number of aryl methyl sites for hydroxylation is 1. The normalized spacial score (nSPS) is 16.1. The van der Waals surface area contributed by atoms with Crippen LogP contribution < -0.4 is 15.4 Å². The number of hydrogen-bond acceptors (Lipinski definition) is 6. The number of aromatic nitrogens is 1. The Kier molecular flexibility index (Phi) is 6.59. The first-order valence-corrected chi connectivity index (χ1v) is 10.6. The standard InChI is InChI=1S/C24H20F3N3O5/c1-13-19(18-7-8-21(31)30-22(18)32)10-15-6-5-14(9-20(15)28-13)12-34-23(33)29-16-3-2-4-17(11-16)35-24(25,26)27/h2-6,9-11,18H,7-8,12H2,1H3,(H,29,33)(H,30,31,32). The second kappa shape index (κ2) is 9.61. The van der Waals surface area contributed by atoms with Crippen LogP contribution in [-0.2, 0) is 20.9 Å². The van der Waals surface area contributed by atoms with Crippen molar-refractivity contribution in [3.05, 3.63) is 65.4 Å². The lowest BCUT2D eigenvalue weighted by Gasteiger charge is -2.22. The van der Waals surface area contributed by atoms with E-state index in [-0.39, 0.29) is 30.5 Å². The number of imide groups is 1. The molecule has 1 saturated heterocycles. The molecule has 1 aliphatic heterocycles. The molecule has 2 aromatic carbocycles. The molecule has 1 fully saturated rings. The summed E-state index contributed by atoms with van der Waals surface area (Å²) in [5.74, 6) is -1.54. The van der Waals surface area contributed by atoms with Gasteiger partial charge >= 0.3 is 12.5 Å². The number of ether oxygens (including phenoxy) is 2. The molecule has 0 saturated carbocycles. The summed E-state index contributed by atoms with van der Waals surface area (Å²) in [5.41, 5.74) is 2.76. The van der Waals surface area contributed by atoms with Gasteiger partial charge in [-0.25, -0.2) is 4.79 Å². The number of carbonyl (C=O) groups is 3. The van der Waals surface area contributed by atoms with Crippen LogP contribution in [0.3, 0.4) is 0 Å². The van der Waals surface area contributed by atoms with E-state index in [4.69, 9.17) is 4.74 Å². The maximum atomic E-state index is 12.4. The average Bonchev–Trinajstić information content (AvgIpc) is 2.76. The van der Waals surface area contributed by atoms with E-state index in [9.17, 15) is 27.6 Å². The first-order chi connectivity index (χ1) is 16.6. The lowest BCUT2D eigenvalue weighted by atomic mass is 9.89. The molecule has 3 aromatic rings. The second-order valence-electron chi connectivity index (χ2n) is 7.97. The van der Waals surface area contributed by atoms with Gasteiger partial charge in [0.15, 0.2) is 0 Å². The van der Waals surface area contributed by atoms with Gasteiger partial charge in [0.1, 0.15) is 12.4 Å². The van der Waals surface area contributed by atoms with Crippen molar-refractivity contribution in [2.45, 2.75) is 38.7 Å². The lowest BCUT2D eigenvalue weighted by Crippen LogP contribution is -2.39. The van der Waals surface area contributed by atoms with Crippen LogP contribution in [0.15, 0.2) is 48.5 Å². The Hall–Kier alpha value is -4.15. The van der Waals surface area contributed by atoms with Crippen molar-refractivity contribution in [3.8, 4) is 5.75 Å². The number of nitrogens with zero attached hydrogens (tertiary/aromatic N) is 1. The van der Waals surface area contributed by atoms with E-state index in [0.717, 1.165) is 23.1 Å². The number of carbonyl (C=O) groups excluding carboxylic acids is 3. The summed E-state index contributed by atoms with van der Waals surface area (Å²) < 4.78 is 46.1. The predicted octanol–water partition coefficient (Wildman–Crippen LogP) is 4.71.